The van der Waals surface area contributed by atoms with Crippen LogP contribution >= 0.6 is 0 Å². The van der Waals surface area contributed by atoms with E-state index in [4.69, 9.17) is 4.74 Å². The van der Waals surface area contributed by atoms with Crippen molar-refractivity contribution < 1.29 is 9.53 Å². The number of benzene rings is 1. The number of carbonyl (C=O) groups excluding carboxylic acids is 1. The second-order valence-corrected chi connectivity index (χ2v) is 5.86. The van der Waals surface area contributed by atoms with Gasteiger partial charge < -0.3 is 9.30 Å². The van der Waals surface area contributed by atoms with Crippen LogP contribution in [0.25, 0.3) is 16.9 Å². The summed E-state index contributed by atoms with van der Waals surface area (Å²) >= 11 is 0. The normalized spacial score (nSPS) is 11.0. The first-order chi connectivity index (χ1) is 12.5. The molecule has 0 saturated carbocycles. The minimum atomic E-state index is -0.474. The number of esters is 1. The SMILES string of the molecule is CCOC(=O)Cn1cnc2c1c(=O)n(CC)c(=O)n2-c1cccc(C)c1. The zero-order valence-electron chi connectivity index (χ0n) is 14.9. The Kier molecular flexibility index (Phi) is 4.75. The van der Waals surface area contributed by atoms with Crippen LogP contribution in [0, 0.1) is 6.92 Å². The molecule has 3 rings (SSSR count). The lowest BCUT2D eigenvalue weighted by atomic mass is 10.2. The monoisotopic (exact) mass is 356 g/mol. The van der Waals surface area contributed by atoms with E-state index in [2.05, 4.69) is 4.98 Å². The molecule has 0 spiro atoms. The molecule has 0 aliphatic heterocycles. The van der Waals surface area contributed by atoms with Gasteiger partial charge in [0.05, 0.1) is 18.6 Å². The molecule has 0 N–H and O–H groups in total. The molecule has 8 heteroatoms. The third-order valence-electron chi connectivity index (χ3n) is 4.08. The lowest BCUT2D eigenvalue weighted by Gasteiger charge is -2.12. The van der Waals surface area contributed by atoms with E-state index in [0.717, 1.165) is 10.1 Å². The maximum atomic E-state index is 12.9. The largest absolute Gasteiger partial charge is 0.465 e. The van der Waals surface area contributed by atoms with E-state index in [1.54, 1.807) is 19.9 Å². The van der Waals surface area contributed by atoms with Crippen LogP contribution in [0.15, 0.2) is 40.2 Å². The summed E-state index contributed by atoms with van der Waals surface area (Å²) in [6.45, 7) is 5.67. The molecular weight excluding hydrogens is 336 g/mol. The topological polar surface area (TPSA) is 88.1 Å². The minimum Gasteiger partial charge on any atom is -0.465 e. The number of nitrogens with zero attached hydrogens (tertiary/aromatic N) is 4. The molecule has 0 bridgehead atoms. The second kappa shape index (κ2) is 6.99. The van der Waals surface area contributed by atoms with Crippen molar-refractivity contribution in [2.75, 3.05) is 6.61 Å². The summed E-state index contributed by atoms with van der Waals surface area (Å²) in [5, 5.41) is 0. The van der Waals surface area contributed by atoms with Gasteiger partial charge in [-0.05, 0) is 38.5 Å². The molecule has 2 heterocycles. The van der Waals surface area contributed by atoms with Crippen LogP contribution in [-0.2, 0) is 22.6 Å². The summed E-state index contributed by atoms with van der Waals surface area (Å²) in [4.78, 5) is 41.7. The zero-order valence-corrected chi connectivity index (χ0v) is 14.9. The molecule has 0 aliphatic rings. The molecule has 0 saturated heterocycles. The summed E-state index contributed by atoms with van der Waals surface area (Å²) in [6, 6.07) is 7.37. The first kappa shape index (κ1) is 17.7. The molecular formula is C18H20N4O4. The van der Waals surface area contributed by atoms with Gasteiger partial charge in [-0.15, -0.1) is 0 Å². The number of rotatable bonds is 5. The molecule has 8 nitrogen and oxygen atoms in total. The van der Waals surface area contributed by atoms with Gasteiger partial charge >= 0.3 is 11.7 Å². The van der Waals surface area contributed by atoms with Crippen LogP contribution in [0.3, 0.4) is 0 Å². The lowest BCUT2D eigenvalue weighted by Crippen LogP contribution is -2.39. The first-order valence-corrected chi connectivity index (χ1v) is 8.41. The van der Waals surface area contributed by atoms with Crippen LogP contribution < -0.4 is 11.2 Å². The van der Waals surface area contributed by atoms with Crippen molar-refractivity contribution in [3.8, 4) is 5.69 Å². The van der Waals surface area contributed by atoms with E-state index in [-0.39, 0.29) is 30.9 Å². The Bertz CT molecular complexity index is 1090. The van der Waals surface area contributed by atoms with Gasteiger partial charge in [-0.2, -0.15) is 0 Å². The third kappa shape index (κ3) is 2.94. The predicted octanol–water partition coefficient (Wildman–Crippen LogP) is 1.24. The fourth-order valence-electron chi connectivity index (χ4n) is 2.92. The highest BCUT2D eigenvalue weighted by molar-refractivity contribution is 5.76. The van der Waals surface area contributed by atoms with Gasteiger partial charge in [0.15, 0.2) is 11.2 Å². The van der Waals surface area contributed by atoms with Crippen LogP contribution in [0.2, 0.25) is 0 Å². The smallest absolute Gasteiger partial charge is 0.337 e. The van der Waals surface area contributed by atoms with Gasteiger partial charge in [0.2, 0.25) is 0 Å². The van der Waals surface area contributed by atoms with Crippen LogP contribution in [-0.4, -0.2) is 31.3 Å². The van der Waals surface area contributed by atoms with Gasteiger partial charge in [-0.25, -0.2) is 14.3 Å². The maximum absolute atomic E-state index is 12.9. The molecule has 0 aliphatic carbocycles. The Morgan fingerprint density at radius 3 is 2.65 bits per heavy atom. The quantitative estimate of drug-likeness (QED) is 0.642. The summed E-state index contributed by atoms with van der Waals surface area (Å²) in [7, 11) is 0. The summed E-state index contributed by atoms with van der Waals surface area (Å²) < 4.78 is 8.90. The average Bonchev–Trinajstić information content (AvgIpc) is 2.99. The number of carbonyl (C=O) groups is 1. The Balaban J connectivity index is 2.32. The van der Waals surface area contributed by atoms with Crippen molar-refractivity contribution >= 4 is 17.1 Å². The van der Waals surface area contributed by atoms with Crippen LogP contribution in [0.1, 0.15) is 19.4 Å². The summed E-state index contributed by atoms with van der Waals surface area (Å²) in [5.41, 5.74) is 1.07. The van der Waals surface area contributed by atoms with Gasteiger partial charge in [0.25, 0.3) is 5.56 Å². The highest BCUT2D eigenvalue weighted by Crippen LogP contribution is 2.14. The van der Waals surface area contributed by atoms with Crippen molar-refractivity contribution in [3.05, 3.63) is 57.0 Å². The predicted molar refractivity (Wildman–Crippen MR) is 96.6 cm³/mol. The fraction of sp³-hybridized carbons (Fsp3) is 0.333. The molecule has 0 atom stereocenters. The average molecular weight is 356 g/mol. The second-order valence-electron chi connectivity index (χ2n) is 5.86. The number of imidazole rings is 1. The highest BCUT2D eigenvalue weighted by atomic mass is 16.5. The van der Waals surface area contributed by atoms with Gasteiger partial charge in [0, 0.05) is 6.54 Å². The van der Waals surface area contributed by atoms with Gasteiger partial charge in [-0.3, -0.25) is 14.2 Å². The number of ether oxygens (including phenoxy) is 1. The van der Waals surface area contributed by atoms with E-state index in [0.29, 0.717) is 5.69 Å². The summed E-state index contributed by atoms with van der Waals surface area (Å²) in [5.74, 6) is -0.470. The van der Waals surface area contributed by atoms with Gasteiger partial charge in [-0.1, -0.05) is 12.1 Å². The maximum Gasteiger partial charge on any atom is 0.337 e. The Hall–Kier alpha value is -3.16. The van der Waals surface area contributed by atoms with E-state index in [1.165, 1.54) is 15.5 Å². The minimum absolute atomic E-state index is 0.144. The molecule has 3 aromatic rings. The molecule has 0 amide bonds. The fourth-order valence-corrected chi connectivity index (χ4v) is 2.92. The van der Waals surface area contributed by atoms with Crippen molar-refractivity contribution in [2.45, 2.75) is 33.9 Å². The molecule has 1 aromatic carbocycles. The van der Waals surface area contributed by atoms with Crippen molar-refractivity contribution in [3.63, 3.8) is 0 Å². The van der Waals surface area contributed by atoms with Crippen molar-refractivity contribution in [1.82, 2.24) is 18.7 Å². The van der Waals surface area contributed by atoms with E-state index >= 15 is 0 Å². The number of fused-ring (bicyclic) bond motifs is 1. The number of aryl methyl sites for hydroxylation is 1. The first-order valence-electron chi connectivity index (χ1n) is 8.41. The van der Waals surface area contributed by atoms with E-state index in [9.17, 15) is 14.4 Å². The number of hydrogen-bond acceptors (Lipinski definition) is 5. The summed E-state index contributed by atoms with van der Waals surface area (Å²) in [6.07, 6.45) is 1.38. The zero-order chi connectivity index (χ0) is 18.8. The Morgan fingerprint density at radius 2 is 2.00 bits per heavy atom. The molecule has 2 aromatic heterocycles. The number of hydrogen-bond donors (Lipinski definition) is 0. The van der Waals surface area contributed by atoms with Crippen LogP contribution in [0.5, 0.6) is 0 Å². The molecule has 0 radical (unpaired) electrons. The molecule has 26 heavy (non-hydrogen) atoms. The van der Waals surface area contributed by atoms with E-state index < -0.39 is 17.2 Å². The number of aromatic nitrogens is 4. The van der Waals surface area contributed by atoms with Crippen molar-refractivity contribution in [1.29, 1.82) is 0 Å². The Labute approximate surface area is 149 Å². The standard InChI is InChI=1S/C18H20N4O4/c1-4-21-17(24)15-16(19-11-20(15)10-14(23)26-5-2)22(18(21)25)13-8-6-7-12(3)9-13/h6-9,11H,4-5,10H2,1-3H3. The van der Waals surface area contributed by atoms with E-state index in [1.807, 2.05) is 25.1 Å². The van der Waals surface area contributed by atoms with Crippen molar-refractivity contribution in [2.24, 2.45) is 0 Å². The lowest BCUT2D eigenvalue weighted by molar-refractivity contribution is -0.143. The van der Waals surface area contributed by atoms with Gasteiger partial charge in [0.1, 0.15) is 6.54 Å². The Morgan fingerprint density at radius 1 is 1.23 bits per heavy atom. The molecule has 0 fully saturated rings. The third-order valence-corrected chi connectivity index (χ3v) is 4.08. The highest BCUT2D eigenvalue weighted by Gasteiger charge is 2.19. The molecule has 136 valence electrons. The molecule has 0 unspecified atom stereocenters. The van der Waals surface area contributed by atoms with Crippen LogP contribution in [0.4, 0.5) is 0 Å².